The zero-order chi connectivity index (χ0) is 17.8. The number of tetrazole rings is 1. The Hall–Kier alpha value is -2.67. The van der Waals surface area contributed by atoms with Crippen molar-refractivity contribution in [1.29, 1.82) is 0 Å². The Morgan fingerprint density at radius 2 is 1.80 bits per heavy atom. The van der Waals surface area contributed by atoms with Gasteiger partial charge >= 0.3 is 0 Å². The van der Waals surface area contributed by atoms with E-state index in [9.17, 15) is 4.79 Å². The summed E-state index contributed by atoms with van der Waals surface area (Å²) in [5.41, 5.74) is 3.91. The Morgan fingerprint density at radius 1 is 1.12 bits per heavy atom. The van der Waals surface area contributed by atoms with E-state index < -0.39 is 5.25 Å². The molecule has 0 bridgehead atoms. The summed E-state index contributed by atoms with van der Waals surface area (Å²) in [6, 6.07) is 15.6. The number of anilines is 1. The number of carbonyl (C=O) groups is 1. The van der Waals surface area contributed by atoms with Gasteiger partial charge in [-0.15, -0.1) is 5.10 Å². The Morgan fingerprint density at radius 3 is 2.40 bits per heavy atom. The van der Waals surface area contributed by atoms with Crippen LogP contribution in [0.3, 0.4) is 0 Å². The number of hydrogen-bond donors (Lipinski definition) is 1. The number of hydrogen-bond acceptors (Lipinski definition) is 5. The third kappa shape index (κ3) is 4.24. The van der Waals surface area contributed by atoms with E-state index in [1.807, 2.05) is 56.3 Å². The molecule has 0 fully saturated rings. The smallest absolute Gasteiger partial charge is 0.242 e. The lowest BCUT2D eigenvalue weighted by Crippen LogP contribution is -2.19. The minimum atomic E-state index is -0.452. The summed E-state index contributed by atoms with van der Waals surface area (Å²) in [7, 11) is 1.76. The summed E-state index contributed by atoms with van der Waals surface area (Å²) >= 11 is 1.33. The van der Waals surface area contributed by atoms with Crippen molar-refractivity contribution in [2.75, 3.05) is 5.32 Å². The number of thioether (sulfide) groups is 1. The van der Waals surface area contributed by atoms with E-state index in [1.165, 1.54) is 11.8 Å². The molecule has 3 aromatic rings. The van der Waals surface area contributed by atoms with Gasteiger partial charge in [-0.1, -0.05) is 48.2 Å². The van der Waals surface area contributed by atoms with Crippen LogP contribution in [0.4, 0.5) is 5.69 Å². The number of aromatic nitrogens is 4. The number of rotatable bonds is 5. The van der Waals surface area contributed by atoms with Crippen molar-refractivity contribution in [3.05, 3.63) is 65.2 Å². The van der Waals surface area contributed by atoms with E-state index in [0.717, 1.165) is 22.4 Å². The summed E-state index contributed by atoms with van der Waals surface area (Å²) in [4.78, 5) is 13.0. The molecule has 0 aliphatic heterocycles. The molecule has 0 saturated carbocycles. The molecule has 3 rings (SSSR count). The molecule has 1 N–H and O–H groups in total. The first-order chi connectivity index (χ1) is 12.0. The van der Waals surface area contributed by atoms with Gasteiger partial charge in [0.2, 0.25) is 11.1 Å². The number of carbonyl (C=O) groups excluding carboxylic acids is 1. The van der Waals surface area contributed by atoms with Gasteiger partial charge in [-0.2, -0.15) is 0 Å². The van der Waals surface area contributed by atoms with Crippen LogP contribution < -0.4 is 5.32 Å². The quantitative estimate of drug-likeness (QED) is 0.713. The lowest BCUT2D eigenvalue weighted by molar-refractivity contribution is -0.115. The normalized spacial score (nSPS) is 12.0. The molecule has 1 atom stereocenters. The molecular formula is C18H19N5OS. The fraction of sp³-hybridized carbons (Fsp3) is 0.222. The highest BCUT2D eigenvalue weighted by atomic mass is 32.2. The van der Waals surface area contributed by atoms with Crippen LogP contribution in [0.1, 0.15) is 21.9 Å². The van der Waals surface area contributed by atoms with Gasteiger partial charge in [0.25, 0.3) is 0 Å². The van der Waals surface area contributed by atoms with Gasteiger partial charge in [-0.05, 0) is 53.1 Å². The Bertz CT molecular complexity index is 858. The minimum absolute atomic E-state index is 0.107. The molecular weight excluding hydrogens is 334 g/mol. The second-order valence-corrected chi connectivity index (χ2v) is 6.93. The van der Waals surface area contributed by atoms with Gasteiger partial charge in [0.05, 0.1) is 0 Å². The lowest BCUT2D eigenvalue weighted by atomic mass is 10.1. The summed E-state index contributed by atoms with van der Waals surface area (Å²) in [5.74, 6) is -0.107. The van der Waals surface area contributed by atoms with Crippen LogP contribution in [0.5, 0.6) is 0 Å². The van der Waals surface area contributed by atoms with E-state index in [4.69, 9.17) is 0 Å². The molecule has 25 heavy (non-hydrogen) atoms. The first-order valence-corrected chi connectivity index (χ1v) is 8.74. The Kier molecular flexibility index (Phi) is 5.14. The van der Waals surface area contributed by atoms with Gasteiger partial charge in [0.15, 0.2) is 0 Å². The summed E-state index contributed by atoms with van der Waals surface area (Å²) < 4.78 is 1.56. The first-order valence-electron chi connectivity index (χ1n) is 7.86. The molecule has 0 radical (unpaired) electrons. The summed E-state index contributed by atoms with van der Waals surface area (Å²) in [5, 5.41) is 14.6. The lowest BCUT2D eigenvalue weighted by Gasteiger charge is -2.16. The second kappa shape index (κ2) is 7.48. The van der Waals surface area contributed by atoms with Crippen LogP contribution in [0.25, 0.3) is 0 Å². The van der Waals surface area contributed by atoms with Crippen molar-refractivity contribution < 1.29 is 4.79 Å². The van der Waals surface area contributed by atoms with Crippen molar-refractivity contribution in [1.82, 2.24) is 20.2 Å². The molecule has 1 heterocycles. The van der Waals surface area contributed by atoms with E-state index in [0.29, 0.717) is 5.16 Å². The number of nitrogens with one attached hydrogen (secondary N) is 1. The molecule has 128 valence electrons. The highest BCUT2D eigenvalue weighted by molar-refractivity contribution is 8.00. The summed E-state index contributed by atoms with van der Waals surface area (Å²) in [6.45, 7) is 4.02. The van der Waals surface area contributed by atoms with Crippen molar-refractivity contribution in [3.8, 4) is 0 Å². The standard InChI is InChI=1S/C18H19N5OS/c1-12-9-13(2)11-15(10-12)19-17(24)16(14-7-5-4-6-8-14)25-18-20-21-22-23(18)3/h4-11,16H,1-3H3,(H,19,24). The molecule has 0 aliphatic rings. The molecule has 0 aliphatic carbocycles. The number of nitrogens with zero attached hydrogens (tertiary/aromatic N) is 4. The van der Waals surface area contributed by atoms with Gasteiger partial charge in [0, 0.05) is 12.7 Å². The van der Waals surface area contributed by atoms with Gasteiger partial charge in [-0.25, -0.2) is 4.68 Å². The van der Waals surface area contributed by atoms with Crippen LogP contribution >= 0.6 is 11.8 Å². The molecule has 2 aromatic carbocycles. The minimum Gasteiger partial charge on any atom is -0.325 e. The predicted octanol–water partition coefficient (Wildman–Crippen LogP) is 3.30. The van der Waals surface area contributed by atoms with E-state index in [-0.39, 0.29) is 5.91 Å². The second-order valence-electron chi connectivity index (χ2n) is 5.86. The fourth-order valence-corrected chi connectivity index (χ4v) is 3.52. The Labute approximate surface area is 150 Å². The average Bonchev–Trinajstić information content (AvgIpc) is 2.97. The highest BCUT2D eigenvalue weighted by Gasteiger charge is 2.24. The predicted molar refractivity (Wildman–Crippen MR) is 98.4 cm³/mol. The number of amides is 1. The molecule has 7 heteroatoms. The van der Waals surface area contributed by atoms with Crippen LogP contribution in [0.2, 0.25) is 0 Å². The van der Waals surface area contributed by atoms with Crippen LogP contribution in [-0.4, -0.2) is 26.1 Å². The number of aryl methyl sites for hydroxylation is 3. The Balaban J connectivity index is 1.88. The maximum absolute atomic E-state index is 13.0. The van der Waals surface area contributed by atoms with Crippen molar-refractivity contribution in [3.63, 3.8) is 0 Å². The third-order valence-corrected chi connectivity index (χ3v) is 4.91. The van der Waals surface area contributed by atoms with Gasteiger partial charge < -0.3 is 5.32 Å². The highest BCUT2D eigenvalue weighted by Crippen LogP contribution is 2.34. The van der Waals surface area contributed by atoms with Crippen molar-refractivity contribution in [2.45, 2.75) is 24.3 Å². The molecule has 0 saturated heterocycles. The van der Waals surface area contributed by atoms with Crippen molar-refractivity contribution in [2.24, 2.45) is 7.05 Å². The monoisotopic (exact) mass is 353 g/mol. The van der Waals surface area contributed by atoms with E-state index in [1.54, 1.807) is 11.7 Å². The molecule has 6 nitrogen and oxygen atoms in total. The van der Waals surface area contributed by atoms with E-state index in [2.05, 4.69) is 26.9 Å². The number of benzene rings is 2. The van der Waals surface area contributed by atoms with Gasteiger partial charge in [-0.3, -0.25) is 4.79 Å². The average molecular weight is 353 g/mol. The molecule has 0 spiro atoms. The SMILES string of the molecule is Cc1cc(C)cc(NC(=O)C(Sc2nnnn2C)c2ccccc2)c1. The van der Waals surface area contributed by atoms with Crippen LogP contribution in [0.15, 0.2) is 53.7 Å². The molecule has 1 aromatic heterocycles. The molecule has 1 unspecified atom stereocenters. The third-order valence-electron chi connectivity index (χ3n) is 3.63. The fourth-order valence-electron chi connectivity index (χ4n) is 2.58. The topological polar surface area (TPSA) is 72.7 Å². The maximum atomic E-state index is 13.0. The zero-order valence-corrected chi connectivity index (χ0v) is 15.1. The maximum Gasteiger partial charge on any atom is 0.242 e. The summed E-state index contributed by atoms with van der Waals surface area (Å²) in [6.07, 6.45) is 0. The molecule has 1 amide bonds. The van der Waals surface area contributed by atoms with E-state index >= 15 is 0 Å². The van der Waals surface area contributed by atoms with Crippen molar-refractivity contribution >= 4 is 23.4 Å². The van der Waals surface area contributed by atoms with Crippen LogP contribution in [-0.2, 0) is 11.8 Å². The largest absolute Gasteiger partial charge is 0.325 e. The van der Waals surface area contributed by atoms with Crippen LogP contribution in [0, 0.1) is 13.8 Å². The zero-order valence-electron chi connectivity index (χ0n) is 14.3. The van der Waals surface area contributed by atoms with Gasteiger partial charge in [0.1, 0.15) is 5.25 Å². The first kappa shape index (κ1) is 17.2.